The van der Waals surface area contributed by atoms with E-state index in [2.05, 4.69) is 26.5 Å². The summed E-state index contributed by atoms with van der Waals surface area (Å²) >= 11 is 3.15. The van der Waals surface area contributed by atoms with Gasteiger partial charge in [0, 0.05) is 4.47 Å². The number of nitrogens with one attached hydrogen (secondary N) is 2. The Morgan fingerprint density at radius 2 is 2.28 bits per heavy atom. The number of halogens is 1. The second-order valence-electron chi connectivity index (χ2n) is 3.09. The van der Waals surface area contributed by atoms with E-state index in [1.54, 1.807) is 12.1 Å². The zero-order valence-corrected chi connectivity index (χ0v) is 10.5. The second-order valence-corrected chi connectivity index (χ2v) is 4.01. The highest BCUT2D eigenvalue weighted by molar-refractivity contribution is 9.10. The van der Waals surface area contributed by atoms with E-state index < -0.39 is 11.8 Å². The summed E-state index contributed by atoms with van der Waals surface area (Å²) in [6.45, 7) is 0. The monoisotopic (exact) mass is 309 g/mol. The number of aromatic carboxylic acids is 1. The first-order valence-corrected chi connectivity index (χ1v) is 5.36. The lowest BCUT2D eigenvalue weighted by Gasteiger charge is -2.05. The summed E-state index contributed by atoms with van der Waals surface area (Å²) < 4.78 is 0.599. The van der Waals surface area contributed by atoms with Crippen LogP contribution in [0, 0.1) is 16.7 Å². The smallest absolute Gasteiger partial charge is 0.337 e. The largest absolute Gasteiger partial charge is 0.478 e. The number of amidine groups is 1. The fraction of sp³-hybridized carbons (Fsp3) is 0. The molecule has 0 unspecified atom stereocenters. The number of rotatable bonds is 4. The zero-order valence-electron chi connectivity index (χ0n) is 8.94. The minimum absolute atomic E-state index is 0.0195. The molecule has 7 nitrogen and oxygen atoms in total. The predicted octanol–water partition coefficient (Wildman–Crippen LogP) is 1.37. The van der Waals surface area contributed by atoms with E-state index in [0.717, 1.165) is 0 Å². The Morgan fingerprint density at radius 3 is 2.78 bits per heavy atom. The molecule has 0 saturated carbocycles. The number of hydrazone groups is 1. The number of nitrogens with zero attached hydrogens (tertiary/aromatic N) is 2. The maximum absolute atomic E-state index is 11.0. The van der Waals surface area contributed by atoms with Crippen molar-refractivity contribution in [1.82, 2.24) is 0 Å². The summed E-state index contributed by atoms with van der Waals surface area (Å²) in [5, 5.41) is 28.2. The van der Waals surface area contributed by atoms with Crippen molar-refractivity contribution in [2.75, 3.05) is 5.43 Å². The Labute approximate surface area is 111 Å². The molecule has 0 aliphatic heterocycles. The highest BCUT2D eigenvalue weighted by Gasteiger charge is 2.10. The van der Waals surface area contributed by atoms with Gasteiger partial charge in [-0.15, -0.1) is 0 Å². The number of hydrogen-bond donors (Lipinski definition) is 4. The van der Waals surface area contributed by atoms with E-state index >= 15 is 0 Å². The first-order chi connectivity index (χ1) is 8.45. The van der Waals surface area contributed by atoms with Crippen LogP contribution in [0.1, 0.15) is 10.4 Å². The van der Waals surface area contributed by atoms with Crippen LogP contribution in [0.2, 0.25) is 0 Å². The Kier molecular flexibility index (Phi) is 4.39. The third-order valence-corrected chi connectivity index (χ3v) is 2.35. The van der Waals surface area contributed by atoms with Crippen LogP contribution in [0.4, 0.5) is 5.69 Å². The molecule has 5 N–H and O–H groups in total. The quantitative estimate of drug-likeness (QED) is 0.378. The Bertz CT molecular complexity index is 576. The molecule has 0 spiro atoms. The highest BCUT2D eigenvalue weighted by atomic mass is 79.9. The van der Waals surface area contributed by atoms with Gasteiger partial charge in [-0.25, -0.2) is 4.79 Å². The summed E-state index contributed by atoms with van der Waals surface area (Å²) in [4.78, 5) is 11.0. The second kappa shape index (κ2) is 5.79. The maximum atomic E-state index is 11.0. The molecular formula is C10H8BrN5O2. The molecule has 1 aromatic carbocycles. The molecule has 8 heteroatoms. The van der Waals surface area contributed by atoms with Crippen molar-refractivity contribution in [3.05, 3.63) is 28.2 Å². The molecule has 0 radical (unpaired) electrons. The molecule has 0 bridgehead atoms. The van der Waals surface area contributed by atoms with Gasteiger partial charge in [-0.3, -0.25) is 10.8 Å². The van der Waals surface area contributed by atoms with Crippen LogP contribution in [-0.2, 0) is 0 Å². The highest BCUT2D eigenvalue weighted by Crippen LogP contribution is 2.21. The van der Waals surface area contributed by atoms with Gasteiger partial charge in [-0.05, 0) is 18.2 Å². The topological polar surface area (TPSA) is 135 Å². The number of nitrogens with two attached hydrogens (primary N) is 1. The van der Waals surface area contributed by atoms with Gasteiger partial charge in [0.05, 0.1) is 11.3 Å². The van der Waals surface area contributed by atoms with E-state index in [1.165, 1.54) is 12.1 Å². The van der Waals surface area contributed by atoms with Crippen LogP contribution >= 0.6 is 15.9 Å². The van der Waals surface area contributed by atoms with Crippen molar-refractivity contribution in [3.63, 3.8) is 0 Å². The van der Waals surface area contributed by atoms with Crippen LogP contribution in [0.3, 0.4) is 0 Å². The molecule has 0 aromatic heterocycles. The maximum Gasteiger partial charge on any atom is 0.337 e. The van der Waals surface area contributed by atoms with Crippen LogP contribution in [0.5, 0.6) is 0 Å². The molecule has 0 aliphatic carbocycles. The number of anilines is 1. The predicted molar refractivity (Wildman–Crippen MR) is 69.7 cm³/mol. The lowest BCUT2D eigenvalue weighted by molar-refractivity contribution is 0.0698. The van der Waals surface area contributed by atoms with Crippen LogP contribution in [0.25, 0.3) is 0 Å². The molecule has 0 atom stereocenters. The number of hydrogen-bond acceptors (Lipinski definition) is 5. The Morgan fingerprint density at radius 1 is 1.61 bits per heavy atom. The molecule has 0 amide bonds. The Hall–Kier alpha value is -2.40. The number of carboxylic acids is 1. The third kappa shape index (κ3) is 3.29. The van der Waals surface area contributed by atoms with Crippen molar-refractivity contribution in [1.29, 1.82) is 10.7 Å². The lowest BCUT2D eigenvalue weighted by Crippen LogP contribution is -2.22. The SMILES string of the molecule is N#C/C(=N\Nc1ccc(Br)cc1C(=O)O)C(=N)N. The van der Waals surface area contributed by atoms with Gasteiger partial charge < -0.3 is 10.8 Å². The van der Waals surface area contributed by atoms with Crippen molar-refractivity contribution in [2.45, 2.75) is 0 Å². The fourth-order valence-electron chi connectivity index (χ4n) is 1.05. The molecule has 1 aromatic rings. The fourth-order valence-corrected chi connectivity index (χ4v) is 1.41. The van der Waals surface area contributed by atoms with Crippen molar-refractivity contribution in [2.24, 2.45) is 10.8 Å². The van der Waals surface area contributed by atoms with Crippen molar-refractivity contribution >= 4 is 39.1 Å². The normalized spacial score (nSPS) is 10.6. The van der Waals surface area contributed by atoms with Crippen molar-refractivity contribution in [3.8, 4) is 6.07 Å². The average molecular weight is 310 g/mol. The molecule has 0 fully saturated rings. The van der Waals surface area contributed by atoms with Crippen LogP contribution < -0.4 is 11.2 Å². The average Bonchev–Trinajstić information content (AvgIpc) is 2.30. The van der Waals surface area contributed by atoms with E-state index in [9.17, 15) is 4.79 Å². The molecule has 1 rings (SSSR count). The summed E-state index contributed by atoms with van der Waals surface area (Å²) in [6.07, 6.45) is 0. The number of benzene rings is 1. The van der Waals surface area contributed by atoms with E-state index in [0.29, 0.717) is 4.47 Å². The number of nitriles is 1. The first kappa shape index (κ1) is 13.7. The minimum atomic E-state index is -1.14. The summed E-state index contributed by atoms with van der Waals surface area (Å²) in [7, 11) is 0. The first-order valence-electron chi connectivity index (χ1n) is 4.56. The molecule has 0 heterocycles. The molecular weight excluding hydrogens is 302 g/mol. The molecule has 18 heavy (non-hydrogen) atoms. The van der Waals surface area contributed by atoms with Gasteiger partial charge in [0.25, 0.3) is 0 Å². The van der Waals surface area contributed by atoms with Gasteiger partial charge in [0.1, 0.15) is 6.07 Å². The van der Waals surface area contributed by atoms with E-state index in [-0.39, 0.29) is 17.0 Å². The van der Waals surface area contributed by atoms with Gasteiger partial charge in [0.2, 0.25) is 5.71 Å². The number of carbonyl (C=O) groups is 1. The molecule has 0 saturated heterocycles. The molecule has 92 valence electrons. The third-order valence-electron chi connectivity index (χ3n) is 1.86. The lowest BCUT2D eigenvalue weighted by atomic mass is 10.2. The standard InChI is InChI=1S/C10H8BrN5O2/c11-5-1-2-7(6(3-5)10(17)18)15-16-8(4-12)9(13)14/h1-3,15H,(H3,13,14)(H,17,18)/b16-8+. The number of carboxylic acid groups (broad SMARTS) is 1. The van der Waals surface area contributed by atoms with Crippen LogP contribution in [-0.4, -0.2) is 22.6 Å². The molecule has 0 aliphatic rings. The summed E-state index contributed by atoms with van der Waals surface area (Å²) in [6, 6.07) is 6.10. The van der Waals surface area contributed by atoms with Gasteiger partial charge in [0.15, 0.2) is 5.84 Å². The van der Waals surface area contributed by atoms with Gasteiger partial charge >= 0.3 is 5.97 Å². The van der Waals surface area contributed by atoms with Crippen LogP contribution in [0.15, 0.2) is 27.8 Å². The van der Waals surface area contributed by atoms with Crippen molar-refractivity contribution < 1.29 is 9.90 Å². The minimum Gasteiger partial charge on any atom is -0.478 e. The van der Waals surface area contributed by atoms with E-state index in [1.807, 2.05) is 0 Å². The Balaban J connectivity index is 3.09. The van der Waals surface area contributed by atoms with E-state index in [4.69, 9.17) is 21.5 Å². The van der Waals surface area contributed by atoms with Gasteiger partial charge in [-0.2, -0.15) is 10.4 Å². The summed E-state index contributed by atoms with van der Waals surface area (Å²) in [5.41, 5.74) is 7.35. The zero-order chi connectivity index (χ0) is 13.7. The summed E-state index contributed by atoms with van der Waals surface area (Å²) in [5.74, 6) is -1.64. The van der Waals surface area contributed by atoms with Gasteiger partial charge in [-0.1, -0.05) is 15.9 Å².